The Morgan fingerprint density at radius 1 is 1.17 bits per heavy atom. The summed E-state index contributed by atoms with van der Waals surface area (Å²) < 4.78 is 11.1. The highest BCUT2D eigenvalue weighted by molar-refractivity contribution is 5.79. The molecule has 0 aromatic heterocycles. The Labute approximate surface area is 143 Å². The molecule has 0 saturated carbocycles. The van der Waals surface area contributed by atoms with Gasteiger partial charge in [0.15, 0.2) is 0 Å². The Bertz CT molecular complexity index is 669. The van der Waals surface area contributed by atoms with E-state index in [2.05, 4.69) is 0 Å². The van der Waals surface area contributed by atoms with E-state index in [1.54, 1.807) is 7.11 Å². The largest absolute Gasteiger partial charge is 0.497 e. The number of rotatable bonds is 4. The van der Waals surface area contributed by atoms with Crippen molar-refractivity contribution in [1.82, 2.24) is 4.90 Å². The summed E-state index contributed by atoms with van der Waals surface area (Å²) in [4.78, 5) is 14.7. The lowest BCUT2D eigenvalue weighted by Gasteiger charge is -2.38. The second kappa shape index (κ2) is 7.49. The number of nitrogens with zero attached hydrogens (tertiary/aromatic N) is 1. The normalized spacial score (nSPS) is 20.7. The van der Waals surface area contributed by atoms with E-state index in [1.807, 2.05) is 66.4 Å². The van der Waals surface area contributed by atoms with Crippen molar-refractivity contribution in [3.8, 4) is 5.75 Å². The molecule has 1 aliphatic heterocycles. The van der Waals surface area contributed by atoms with Crippen molar-refractivity contribution in [2.24, 2.45) is 0 Å². The summed E-state index contributed by atoms with van der Waals surface area (Å²) in [5, 5.41) is 0. The maximum absolute atomic E-state index is 12.7. The minimum Gasteiger partial charge on any atom is -0.497 e. The Kier molecular flexibility index (Phi) is 5.16. The number of morpholine rings is 1. The number of hydrogen-bond donors (Lipinski definition) is 0. The lowest BCUT2D eigenvalue weighted by Crippen LogP contribution is -2.48. The van der Waals surface area contributed by atoms with Crippen LogP contribution >= 0.6 is 0 Å². The standard InChI is InChI=1S/C20H23NO3/c1-15-14-24-19(17-6-4-3-5-7-17)13-21(15)20(22)12-16-8-10-18(23-2)11-9-16/h3-11,15,19H,12-14H2,1-2H3. The zero-order valence-corrected chi connectivity index (χ0v) is 14.1. The highest BCUT2D eigenvalue weighted by atomic mass is 16.5. The van der Waals surface area contributed by atoms with Gasteiger partial charge in [-0.3, -0.25) is 4.79 Å². The molecule has 0 spiro atoms. The van der Waals surface area contributed by atoms with E-state index in [0.717, 1.165) is 16.9 Å². The molecule has 1 heterocycles. The van der Waals surface area contributed by atoms with Crippen molar-refractivity contribution < 1.29 is 14.3 Å². The van der Waals surface area contributed by atoms with E-state index >= 15 is 0 Å². The zero-order valence-electron chi connectivity index (χ0n) is 14.1. The third kappa shape index (κ3) is 3.77. The van der Waals surface area contributed by atoms with E-state index in [-0.39, 0.29) is 18.1 Å². The molecule has 2 unspecified atom stereocenters. The fourth-order valence-electron chi connectivity index (χ4n) is 2.99. The molecule has 2 atom stereocenters. The topological polar surface area (TPSA) is 38.8 Å². The van der Waals surface area contributed by atoms with Gasteiger partial charge < -0.3 is 14.4 Å². The molecule has 4 nitrogen and oxygen atoms in total. The summed E-state index contributed by atoms with van der Waals surface area (Å²) in [5.41, 5.74) is 2.11. The second-order valence-corrected chi connectivity index (χ2v) is 6.15. The third-order valence-corrected chi connectivity index (χ3v) is 4.44. The fraction of sp³-hybridized carbons (Fsp3) is 0.350. The third-order valence-electron chi connectivity index (χ3n) is 4.44. The zero-order chi connectivity index (χ0) is 16.9. The van der Waals surface area contributed by atoms with Gasteiger partial charge in [0.1, 0.15) is 11.9 Å². The van der Waals surface area contributed by atoms with Gasteiger partial charge in [-0.15, -0.1) is 0 Å². The molecule has 24 heavy (non-hydrogen) atoms. The summed E-state index contributed by atoms with van der Waals surface area (Å²) >= 11 is 0. The molecular formula is C20H23NO3. The predicted molar refractivity (Wildman–Crippen MR) is 93.0 cm³/mol. The van der Waals surface area contributed by atoms with E-state index in [4.69, 9.17) is 9.47 Å². The van der Waals surface area contributed by atoms with Gasteiger partial charge >= 0.3 is 0 Å². The van der Waals surface area contributed by atoms with Crippen LogP contribution in [0.2, 0.25) is 0 Å². The van der Waals surface area contributed by atoms with Crippen molar-refractivity contribution in [2.45, 2.75) is 25.5 Å². The smallest absolute Gasteiger partial charge is 0.227 e. The lowest BCUT2D eigenvalue weighted by atomic mass is 10.0. The van der Waals surface area contributed by atoms with Crippen LogP contribution in [-0.2, 0) is 16.0 Å². The number of carbonyl (C=O) groups excluding carboxylic acids is 1. The second-order valence-electron chi connectivity index (χ2n) is 6.15. The first kappa shape index (κ1) is 16.5. The molecule has 1 fully saturated rings. The SMILES string of the molecule is COc1ccc(CC(=O)N2CC(c3ccccc3)OCC2C)cc1. The summed E-state index contributed by atoms with van der Waals surface area (Å²) in [6.45, 7) is 3.20. The molecule has 4 heteroatoms. The maximum Gasteiger partial charge on any atom is 0.227 e. The van der Waals surface area contributed by atoms with Gasteiger partial charge in [0.25, 0.3) is 0 Å². The molecule has 3 rings (SSSR count). The molecule has 2 aromatic rings. The summed E-state index contributed by atoms with van der Waals surface area (Å²) in [6.07, 6.45) is 0.345. The first-order valence-electron chi connectivity index (χ1n) is 8.26. The van der Waals surface area contributed by atoms with Gasteiger partial charge in [-0.2, -0.15) is 0 Å². The predicted octanol–water partition coefficient (Wildman–Crippen LogP) is 3.23. The summed E-state index contributed by atoms with van der Waals surface area (Å²) in [5.74, 6) is 0.937. The molecular weight excluding hydrogens is 302 g/mol. The van der Waals surface area contributed by atoms with Crippen LogP contribution in [0.5, 0.6) is 5.75 Å². The van der Waals surface area contributed by atoms with Gasteiger partial charge in [-0.25, -0.2) is 0 Å². The Morgan fingerprint density at radius 2 is 1.88 bits per heavy atom. The van der Waals surface area contributed by atoms with Crippen molar-refractivity contribution in [3.05, 3.63) is 65.7 Å². The minimum absolute atomic E-state index is 0.0535. The molecule has 0 aliphatic carbocycles. The fourth-order valence-corrected chi connectivity index (χ4v) is 2.99. The van der Waals surface area contributed by atoms with Gasteiger partial charge in [0, 0.05) is 0 Å². The lowest BCUT2D eigenvalue weighted by molar-refractivity contribution is -0.143. The maximum atomic E-state index is 12.7. The van der Waals surface area contributed by atoms with Crippen LogP contribution < -0.4 is 4.74 Å². The van der Waals surface area contributed by atoms with Crippen LogP contribution in [0.15, 0.2) is 54.6 Å². The number of amides is 1. The van der Waals surface area contributed by atoms with Crippen molar-refractivity contribution in [3.63, 3.8) is 0 Å². The Hall–Kier alpha value is -2.33. The van der Waals surface area contributed by atoms with Gasteiger partial charge in [-0.05, 0) is 30.2 Å². The van der Waals surface area contributed by atoms with E-state index in [0.29, 0.717) is 19.6 Å². The highest BCUT2D eigenvalue weighted by Gasteiger charge is 2.30. The quantitative estimate of drug-likeness (QED) is 0.866. The van der Waals surface area contributed by atoms with E-state index in [1.165, 1.54) is 0 Å². The minimum atomic E-state index is -0.0535. The van der Waals surface area contributed by atoms with Crippen LogP contribution in [0.3, 0.4) is 0 Å². The van der Waals surface area contributed by atoms with Crippen LogP contribution in [0.1, 0.15) is 24.2 Å². The summed E-state index contributed by atoms with van der Waals surface area (Å²) in [6, 6.07) is 17.8. The molecule has 0 bridgehead atoms. The number of benzene rings is 2. The molecule has 2 aromatic carbocycles. The van der Waals surface area contributed by atoms with Crippen molar-refractivity contribution in [2.75, 3.05) is 20.3 Å². The first-order chi connectivity index (χ1) is 11.7. The average Bonchev–Trinajstić information content (AvgIpc) is 2.63. The number of ether oxygens (including phenoxy) is 2. The average molecular weight is 325 g/mol. The molecule has 1 aliphatic rings. The molecule has 0 radical (unpaired) electrons. The molecule has 0 N–H and O–H groups in total. The van der Waals surface area contributed by atoms with Crippen molar-refractivity contribution >= 4 is 5.91 Å². The number of hydrogen-bond acceptors (Lipinski definition) is 3. The Morgan fingerprint density at radius 3 is 2.54 bits per heavy atom. The molecule has 126 valence electrons. The van der Waals surface area contributed by atoms with Crippen LogP contribution in [0.4, 0.5) is 0 Å². The monoisotopic (exact) mass is 325 g/mol. The highest BCUT2D eigenvalue weighted by Crippen LogP contribution is 2.25. The Balaban J connectivity index is 1.68. The summed E-state index contributed by atoms with van der Waals surface area (Å²) in [7, 11) is 1.64. The molecule has 1 saturated heterocycles. The van der Waals surface area contributed by atoms with Gasteiger partial charge in [0.05, 0.1) is 32.7 Å². The van der Waals surface area contributed by atoms with E-state index in [9.17, 15) is 4.79 Å². The van der Waals surface area contributed by atoms with Crippen LogP contribution in [0.25, 0.3) is 0 Å². The van der Waals surface area contributed by atoms with Crippen LogP contribution in [0, 0.1) is 0 Å². The van der Waals surface area contributed by atoms with Crippen molar-refractivity contribution in [1.29, 1.82) is 0 Å². The number of methoxy groups -OCH3 is 1. The number of carbonyl (C=O) groups is 1. The van der Waals surface area contributed by atoms with Gasteiger partial charge in [0.2, 0.25) is 5.91 Å². The van der Waals surface area contributed by atoms with Crippen LogP contribution in [-0.4, -0.2) is 37.1 Å². The molecule has 1 amide bonds. The first-order valence-corrected chi connectivity index (χ1v) is 8.26. The van der Waals surface area contributed by atoms with E-state index < -0.39 is 0 Å². The van der Waals surface area contributed by atoms with Gasteiger partial charge in [-0.1, -0.05) is 42.5 Å².